The van der Waals surface area contributed by atoms with Gasteiger partial charge in [0.1, 0.15) is 5.01 Å². The van der Waals surface area contributed by atoms with E-state index in [1.54, 1.807) is 17.4 Å². The highest BCUT2D eigenvalue weighted by Crippen LogP contribution is 2.36. The minimum Gasteiger partial charge on any atom is -0.481 e. The Morgan fingerprint density at radius 3 is 2.69 bits per heavy atom. The van der Waals surface area contributed by atoms with E-state index in [1.807, 2.05) is 51.1 Å². The Kier molecular flexibility index (Phi) is 6.52. The van der Waals surface area contributed by atoms with Crippen LogP contribution in [0.4, 0.5) is 5.69 Å². The van der Waals surface area contributed by atoms with Gasteiger partial charge in [0, 0.05) is 23.4 Å². The standard InChI is InChI=1S/C23H28N2O3S/c1-23(2,3)18(22(27)28)13-20(26)24-17-9-4-6-15(12-17)10-11-21-25-19(14-29-21)16-7-5-8-16/h4,6,9-12,14,16,18H,5,7-8,13H2,1-3H3,(H,24,26)(H,27,28). The number of anilines is 1. The van der Waals surface area contributed by atoms with Crippen molar-refractivity contribution < 1.29 is 14.7 Å². The van der Waals surface area contributed by atoms with Crippen molar-refractivity contribution in [2.45, 2.75) is 52.4 Å². The predicted molar refractivity (Wildman–Crippen MR) is 118 cm³/mol. The molecule has 5 nitrogen and oxygen atoms in total. The number of carboxylic acids is 1. The molecule has 1 heterocycles. The lowest BCUT2D eigenvalue weighted by molar-refractivity contribution is -0.147. The van der Waals surface area contributed by atoms with Crippen LogP contribution in [0, 0.1) is 11.3 Å². The number of amides is 1. The quantitative estimate of drug-likeness (QED) is 0.615. The molecule has 0 saturated heterocycles. The number of aliphatic carboxylic acids is 1. The van der Waals surface area contributed by atoms with Crippen molar-refractivity contribution >= 4 is 41.1 Å². The van der Waals surface area contributed by atoms with Crippen LogP contribution in [-0.4, -0.2) is 22.0 Å². The van der Waals surface area contributed by atoms with Gasteiger partial charge < -0.3 is 10.4 Å². The van der Waals surface area contributed by atoms with Gasteiger partial charge in [-0.2, -0.15) is 0 Å². The van der Waals surface area contributed by atoms with Crippen LogP contribution in [0.5, 0.6) is 0 Å². The van der Waals surface area contributed by atoms with Gasteiger partial charge in [0.15, 0.2) is 0 Å². The molecule has 1 saturated carbocycles. The molecule has 1 unspecified atom stereocenters. The van der Waals surface area contributed by atoms with Crippen molar-refractivity contribution in [3.8, 4) is 0 Å². The Bertz CT molecular complexity index is 907. The molecular formula is C23H28N2O3S. The van der Waals surface area contributed by atoms with Crippen molar-refractivity contribution in [1.82, 2.24) is 4.98 Å². The first-order valence-electron chi connectivity index (χ1n) is 9.98. The van der Waals surface area contributed by atoms with Gasteiger partial charge in [-0.1, -0.05) is 45.4 Å². The molecule has 1 aliphatic rings. The Morgan fingerprint density at radius 1 is 1.31 bits per heavy atom. The molecule has 1 aromatic carbocycles. The van der Waals surface area contributed by atoms with E-state index < -0.39 is 17.3 Å². The van der Waals surface area contributed by atoms with Gasteiger partial charge >= 0.3 is 5.97 Å². The van der Waals surface area contributed by atoms with Gasteiger partial charge in [0.2, 0.25) is 5.91 Å². The Balaban J connectivity index is 1.62. The number of nitrogens with one attached hydrogen (secondary N) is 1. The number of thiazole rings is 1. The highest BCUT2D eigenvalue weighted by molar-refractivity contribution is 7.10. The summed E-state index contributed by atoms with van der Waals surface area (Å²) in [5.41, 5.74) is 2.33. The highest BCUT2D eigenvalue weighted by atomic mass is 32.1. The number of rotatable bonds is 7. The van der Waals surface area contributed by atoms with E-state index in [-0.39, 0.29) is 12.3 Å². The number of carbonyl (C=O) groups excluding carboxylic acids is 1. The number of nitrogens with zero attached hydrogens (tertiary/aromatic N) is 1. The van der Waals surface area contributed by atoms with Gasteiger partial charge in [-0.05, 0) is 42.0 Å². The molecule has 2 aromatic rings. The molecule has 0 radical (unpaired) electrons. The zero-order valence-corrected chi connectivity index (χ0v) is 18.0. The summed E-state index contributed by atoms with van der Waals surface area (Å²) in [5, 5.41) is 15.4. The summed E-state index contributed by atoms with van der Waals surface area (Å²) in [5.74, 6) is -1.34. The molecule has 1 atom stereocenters. The highest BCUT2D eigenvalue weighted by Gasteiger charge is 2.33. The fraction of sp³-hybridized carbons (Fsp3) is 0.435. The molecule has 1 aromatic heterocycles. The molecule has 29 heavy (non-hydrogen) atoms. The first kappa shape index (κ1) is 21.2. The van der Waals surface area contributed by atoms with E-state index in [2.05, 4.69) is 10.7 Å². The molecule has 0 bridgehead atoms. The molecule has 1 fully saturated rings. The number of benzene rings is 1. The lowest BCUT2D eigenvalue weighted by Crippen LogP contribution is -2.32. The fourth-order valence-electron chi connectivity index (χ4n) is 3.32. The van der Waals surface area contributed by atoms with Crippen LogP contribution >= 0.6 is 11.3 Å². The third-order valence-corrected chi connectivity index (χ3v) is 6.21. The van der Waals surface area contributed by atoms with Gasteiger partial charge in [-0.25, -0.2) is 4.98 Å². The van der Waals surface area contributed by atoms with E-state index in [9.17, 15) is 14.7 Å². The maximum Gasteiger partial charge on any atom is 0.307 e. The smallest absolute Gasteiger partial charge is 0.307 e. The second kappa shape index (κ2) is 8.91. The maximum atomic E-state index is 12.4. The minimum absolute atomic E-state index is 0.0536. The van der Waals surface area contributed by atoms with E-state index >= 15 is 0 Å². The van der Waals surface area contributed by atoms with Crippen LogP contribution in [0.1, 0.15) is 68.6 Å². The number of hydrogen-bond donors (Lipinski definition) is 2. The SMILES string of the molecule is CC(C)(C)C(CC(=O)Nc1cccc(C=Cc2nc(C3CCC3)cs2)c1)C(=O)O. The second-order valence-corrected chi connectivity index (χ2v) is 9.60. The number of hydrogen-bond acceptors (Lipinski definition) is 4. The molecule has 6 heteroatoms. The molecule has 3 rings (SSSR count). The van der Waals surface area contributed by atoms with Crippen molar-refractivity contribution in [2.75, 3.05) is 5.32 Å². The number of aromatic nitrogens is 1. The second-order valence-electron chi connectivity index (χ2n) is 8.71. The molecular weight excluding hydrogens is 384 g/mol. The third kappa shape index (κ3) is 5.76. The third-order valence-electron chi connectivity index (χ3n) is 5.38. The topological polar surface area (TPSA) is 79.3 Å². The fourth-order valence-corrected chi connectivity index (χ4v) is 4.11. The molecule has 154 valence electrons. The average Bonchev–Trinajstić information content (AvgIpc) is 3.04. The van der Waals surface area contributed by atoms with Crippen LogP contribution in [-0.2, 0) is 9.59 Å². The summed E-state index contributed by atoms with van der Waals surface area (Å²) in [4.78, 5) is 28.5. The number of carboxylic acid groups (broad SMARTS) is 1. The van der Waals surface area contributed by atoms with Gasteiger partial charge in [-0.15, -0.1) is 11.3 Å². The van der Waals surface area contributed by atoms with Crippen LogP contribution in [0.25, 0.3) is 12.2 Å². The van der Waals surface area contributed by atoms with Crippen molar-refractivity contribution in [1.29, 1.82) is 0 Å². The normalized spacial score (nSPS) is 15.8. The Labute approximate surface area is 175 Å². The van der Waals surface area contributed by atoms with Gasteiger partial charge in [-0.3, -0.25) is 9.59 Å². The van der Waals surface area contributed by atoms with Crippen LogP contribution in [0.3, 0.4) is 0 Å². The minimum atomic E-state index is -0.950. The van der Waals surface area contributed by atoms with Crippen LogP contribution in [0.2, 0.25) is 0 Å². The van der Waals surface area contributed by atoms with E-state index in [4.69, 9.17) is 4.98 Å². The van der Waals surface area contributed by atoms with Crippen molar-refractivity contribution in [3.63, 3.8) is 0 Å². The molecule has 0 aliphatic heterocycles. The zero-order chi connectivity index (χ0) is 21.0. The molecule has 0 spiro atoms. The Hall–Kier alpha value is -2.47. The maximum absolute atomic E-state index is 12.4. The largest absolute Gasteiger partial charge is 0.481 e. The summed E-state index contributed by atoms with van der Waals surface area (Å²) >= 11 is 1.65. The van der Waals surface area contributed by atoms with E-state index in [1.165, 1.54) is 25.0 Å². The van der Waals surface area contributed by atoms with Gasteiger partial charge in [0.25, 0.3) is 0 Å². The van der Waals surface area contributed by atoms with Crippen molar-refractivity contribution in [3.05, 3.63) is 45.9 Å². The first-order chi connectivity index (χ1) is 13.7. The Morgan fingerprint density at radius 2 is 2.07 bits per heavy atom. The first-order valence-corrected chi connectivity index (χ1v) is 10.9. The average molecular weight is 413 g/mol. The van der Waals surface area contributed by atoms with Gasteiger partial charge in [0.05, 0.1) is 11.6 Å². The van der Waals surface area contributed by atoms with E-state index in [0.29, 0.717) is 11.6 Å². The number of carbonyl (C=O) groups is 2. The van der Waals surface area contributed by atoms with E-state index in [0.717, 1.165) is 10.6 Å². The zero-order valence-electron chi connectivity index (χ0n) is 17.1. The molecule has 1 aliphatic carbocycles. The predicted octanol–water partition coefficient (Wildman–Crippen LogP) is 5.66. The summed E-state index contributed by atoms with van der Waals surface area (Å²) in [6.45, 7) is 5.50. The van der Waals surface area contributed by atoms with Crippen LogP contribution < -0.4 is 5.32 Å². The lowest BCUT2D eigenvalue weighted by atomic mass is 9.78. The lowest BCUT2D eigenvalue weighted by Gasteiger charge is -2.26. The summed E-state index contributed by atoms with van der Waals surface area (Å²) in [6, 6.07) is 7.51. The monoisotopic (exact) mass is 412 g/mol. The van der Waals surface area contributed by atoms with Crippen LogP contribution in [0.15, 0.2) is 29.6 Å². The summed E-state index contributed by atoms with van der Waals surface area (Å²) < 4.78 is 0. The molecule has 1 amide bonds. The summed E-state index contributed by atoms with van der Waals surface area (Å²) in [6.07, 6.45) is 7.71. The van der Waals surface area contributed by atoms with Crippen molar-refractivity contribution in [2.24, 2.45) is 11.3 Å². The summed E-state index contributed by atoms with van der Waals surface area (Å²) in [7, 11) is 0. The molecule has 2 N–H and O–H groups in total.